The zero-order chi connectivity index (χ0) is 15.1. The molecule has 20 heavy (non-hydrogen) atoms. The number of carboxylic acids is 1. The number of nitrogens with zero attached hydrogens (tertiary/aromatic N) is 2. The summed E-state index contributed by atoms with van der Waals surface area (Å²) in [6, 6.07) is 3.99. The maximum atomic E-state index is 12.6. The molecule has 8 heteroatoms. The Kier molecular flexibility index (Phi) is 3.24. The third-order valence-electron chi connectivity index (χ3n) is 2.80. The Hall–Kier alpha value is -2.38. The molecule has 1 N–H and O–H groups in total. The number of alkyl halides is 3. The second kappa shape index (κ2) is 4.62. The van der Waals surface area contributed by atoms with Crippen molar-refractivity contribution in [3.8, 4) is 0 Å². The van der Waals surface area contributed by atoms with Crippen LogP contribution in [0.3, 0.4) is 0 Å². The van der Waals surface area contributed by atoms with Crippen LogP contribution in [0.2, 0.25) is 0 Å². The van der Waals surface area contributed by atoms with Gasteiger partial charge in [0.05, 0.1) is 17.0 Å². The number of benzene rings is 1. The van der Waals surface area contributed by atoms with Gasteiger partial charge in [0.1, 0.15) is 0 Å². The number of hydrogen-bond donors (Lipinski definition) is 1. The second-order valence-corrected chi connectivity index (χ2v) is 4.21. The molecule has 0 fully saturated rings. The molecule has 1 aromatic carbocycles. The first-order chi connectivity index (χ1) is 9.21. The smallest absolute Gasteiger partial charge is 0.416 e. The Bertz CT molecular complexity index is 610. The molecule has 0 aliphatic carbocycles. The number of carbonyl (C=O) groups excluding carboxylic acids is 1. The van der Waals surface area contributed by atoms with E-state index < -0.39 is 29.5 Å². The van der Waals surface area contributed by atoms with Gasteiger partial charge in [0.25, 0.3) is 5.91 Å². The molecule has 106 valence electrons. The number of halogens is 3. The number of rotatable bonds is 2. The van der Waals surface area contributed by atoms with Gasteiger partial charge in [-0.25, -0.2) is 0 Å². The Morgan fingerprint density at radius 2 is 2.05 bits per heavy atom. The molecular weight excluding hydrogens is 277 g/mol. The summed E-state index contributed by atoms with van der Waals surface area (Å²) in [5.41, 5.74) is -1.03. The number of aliphatic carboxylic acids is 1. The van der Waals surface area contributed by atoms with E-state index in [1.54, 1.807) is 0 Å². The highest BCUT2D eigenvalue weighted by atomic mass is 19.4. The van der Waals surface area contributed by atoms with Gasteiger partial charge in [-0.2, -0.15) is 23.3 Å². The quantitative estimate of drug-likeness (QED) is 0.847. The number of carbonyl (C=O) groups is 2. The van der Waals surface area contributed by atoms with Crippen LogP contribution in [0, 0.1) is 5.92 Å². The van der Waals surface area contributed by atoms with Gasteiger partial charge < -0.3 is 5.11 Å². The van der Waals surface area contributed by atoms with Gasteiger partial charge in [-0.05, 0) is 25.1 Å². The van der Waals surface area contributed by atoms with Crippen LogP contribution >= 0.6 is 0 Å². The number of carboxylic acid groups (broad SMARTS) is 1. The average molecular weight is 286 g/mol. The third kappa shape index (κ3) is 2.36. The minimum Gasteiger partial charge on any atom is -0.480 e. The Morgan fingerprint density at radius 1 is 1.40 bits per heavy atom. The Morgan fingerprint density at radius 3 is 2.55 bits per heavy atom. The van der Waals surface area contributed by atoms with E-state index in [2.05, 4.69) is 5.10 Å². The fraction of sp³-hybridized carbons (Fsp3) is 0.250. The van der Waals surface area contributed by atoms with E-state index in [9.17, 15) is 22.8 Å². The van der Waals surface area contributed by atoms with Crippen LogP contribution in [-0.2, 0) is 15.8 Å². The van der Waals surface area contributed by atoms with E-state index >= 15 is 0 Å². The van der Waals surface area contributed by atoms with Crippen LogP contribution in [-0.4, -0.2) is 22.7 Å². The molecule has 1 atom stereocenters. The standard InChI is InChI=1S/C12H9F3N2O3/c1-6-9(11(19)20)10(18)17(16-6)8-4-2-3-7(5-8)12(13,14)15/h2-5,9H,1H3,(H,19,20). The lowest BCUT2D eigenvalue weighted by Gasteiger charge is -2.15. The van der Waals surface area contributed by atoms with Crippen molar-refractivity contribution in [2.24, 2.45) is 11.0 Å². The summed E-state index contributed by atoms with van der Waals surface area (Å²) in [7, 11) is 0. The van der Waals surface area contributed by atoms with Crippen LogP contribution in [0.4, 0.5) is 18.9 Å². The lowest BCUT2D eigenvalue weighted by Crippen LogP contribution is -2.32. The maximum Gasteiger partial charge on any atom is 0.416 e. The van der Waals surface area contributed by atoms with Crippen molar-refractivity contribution in [3.05, 3.63) is 29.8 Å². The normalized spacial score (nSPS) is 19.2. The number of hydrazone groups is 1. The van der Waals surface area contributed by atoms with Crippen LogP contribution in [0.1, 0.15) is 12.5 Å². The molecule has 1 aliphatic heterocycles. The van der Waals surface area contributed by atoms with Gasteiger partial charge in [0.2, 0.25) is 0 Å². The number of amides is 1. The molecule has 1 aliphatic rings. The molecular formula is C12H9F3N2O3. The van der Waals surface area contributed by atoms with Crippen molar-refractivity contribution < 1.29 is 27.9 Å². The third-order valence-corrected chi connectivity index (χ3v) is 2.80. The van der Waals surface area contributed by atoms with E-state index in [4.69, 9.17) is 5.11 Å². The second-order valence-electron chi connectivity index (χ2n) is 4.21. The highest BCUT2D eigenvalue weighted by Gasteiger charge is 2.40. The molecule has 5 nitrogen and oxygen atoms in total. The van der Waals surface area contributed by atoms with Crippen molar-refractivity contribution in [3.63, 3.8) is 0 Å². The van der Waals surface area contributed by atoms with Gasteiger partial charge in [0, 0.05) is 0 Å². The minimum atomic E-state index is -4.55. The molecule has 1 aromatic rings. The molecule has 0 saturated heterocycles. The largest absolute Gasteiger partial charge is 0.480 e. The van der Waals surface area contributed by atoms with Crippen LogP contribution in [0.25, 0.3) is 0 Å². The van der Waals surface area contributed by atoms with Crippen molar-refractivity contribution in [2.45, 2.75) is 13.1 Å². The van der Waals surface area contributed by atoms with Gasteiger partial charge in [0.15, 0.2) is 5.92 Å². The summed E-state index contributed by atoms with van der Waals surface area (Å²) in [5.74, 6) is -3.72. The van der Waals surface area contributed by atoms with E-state index in [1.165, 1.54) is 13.0 Å². The van der Waals surface area contributed by atoms with Crippen LogP contribution < -0.4 is 5.01 Å². The first-order valence-electron chi connectivity index (χ1n) is 5.51. The highest BCUT2D eigenvalue weighted by Crippen LogP contribution is 2.33. The Labute approximate surface area is 111 Å². The minimum absolute atomic E-state index is 0.0277. The number of anilines is 1. The van der Waals surface area contributed by atoms with Gasteiger partial charge in [-0.15, -0.1) is 0 Å². The fourth-order valence-electron chi connectivity index (χ4n) is 1.85. The zero-order valence-corrected chi connectivity index (χ0v) is 10.2. The summed E-state index contributed by atoms with van der Waals surface area (Å²) in [6.45, 7) is 1.34. The lowest BCUT2D eigenvalue weighted by molar-refractivity contribution is -0.143. The fourth-order valence-corrected chi connectivity index (χ4v) is 1.85. The molecule has 1 heterocycles. The van der Waals surface area contributed by atoms with E-state index in [0.29, 0.717) is 5.01 Å². The SMILES string of the molecule is CC1=NN(c2cccc(C(F)(F)F)c2)C(=O)C1C(=O)O. The molecule has 1 amide bonds. The maximum absolute atomic E-state index is 12.6. The summed E-state index contributed by atoms with van der Waals surface area (Å²) >= 11 is 0. The summed E-state index contributed by atoms with van der Waals surface area (Å²) in [5, 5.41) is 13.3. The molecule has 0 aromatic heterocycles. The van der Waals surface area contributed by atoms with Gasteiger partial charge in [-0.3, -0.25) is 9.59 Å². The van der Waals surface area contributed by atoms with Gasteiger partial charge in [-0.1, -0.05) is 6.07 Å². The average Bonchev–Trinajstić information content (AvgIpc) is 2.64. The molecule has 0 bridgehead atoms. The topological polar surface area (TPSA) is 70.0 Å². The van der Waals surface area contributed by atoms with E-state index in [1.807, 2.05) is 0 Å². The Balaban J connectivity index is 2.39. The molecule has 0 radical (unpaired) electrons. The van der Waals surface area contributed by atoms with Crippen LogP contribution in [0.5, 0.6) is 0 Å². The molecule has 1 unspecified atom stereocenters. The molecule has 2 rings (SSSR count). The van der Waals surface area contributed by atoms with Crippen LogP contribution in [0.15, 0.2) is 29.4 Å². The molecule has 0 spiro atoms. The van der Waals surface area contributed by atoms with Crippen molar-refractivity contribution in [2.75, 3.05) is 5.01 Å². The zero-order valence-electron chi connectivity index (χ0n) is 10.2. The first-order valence-corrected chi connectivity index (χ1v) is 5.51. The highest BCUT2D eigenvalue weighted by molar-refractivity contribution is 6.25. The van der Waals surface area contributed by atoms with E-state index in [0.717, 1.165) is 18.2 Å². The van der Waals surface area contributed by atoms with E-state index in [-0.39, 0.29) is 11.4 Å². The lowest BCUT2D eigenvalue weighted by atomic mass is 10.1. The van der Waals surface area contributed by atoms with Crippen molar-refractivity contribution in [1.29, 1.82) is 0 Å². The number of hydrogen-bond acceptors (Lipinski definition) is 3. The predicted octanol–water partition coefficient (Wildman–Crippen LogP) is 2.13. The summed E-state index contributed by atoms with van der Waals surface area (Å²) in [4.78, 5) is 22.8. The monoisotopic (exact) mass is 286 g/mol. The van der Waals surface area contributed by atoms with Crippen molar-refractivity contribution in [1.82, 2.24) is 0 Å². The summed E-state index contributed by atoms with van der Waals surface area (Å²) < 4.78 is 37.8. The molecule has 0 saturated carbocycles. The first kappa shape index (κ1) is 14.0. The van der Waals surface area contributed by atoms with Crippen molar-refractivity contribution >= 4 is 23.3 Å². The predicted molar refractivity (Wildman–Crippen MR) is 63.2 cm³/mol. The van der Waals surface area contributed by atoms with Gasteiger partial charge >= 0.3 is 12.1 Å². The summed E-state index contributed by atoms with van der Waals surface area (Å²) in [6.07, 6.45) is -4.55.